The molecule has 2 atom stereocenters. The first kappa shape index (κ1) is 17.0. The van der Waals surface area contributed by atoms with Crippen LogP contribution in [0.25, 0.3) is 0 Å². The number of ether oxygens (including phenoxy) is 1. The Kier molecular flexibility index (Phi) is 4.94. The Hall–Kier alpha value is -1.82. The molecule has 24 heavy (non-hydrogen) atoms. The molecule has 0 saturated carbocycles. The largest absolute Gasteiger partial charge is 0.394 e. The van der Waals surface area contributed by atoms with Crippen LogP contribution < -0.4 is 0 Å². The quantitative estimate of drug-likeness (QED) is 0.927. The third-order valence-corrected chi connectivity index (χ3v) is 4.98. The second kappa shape index (κ2) is 6.97. The Labute approximate surface area is 146 Å². The second-order valence-corrected chi connectivity index (χ2v) is 6.39. The lowest BCUT2D eigenvalue weighted by atomic mass is 9.97. The maximum atomic E-state index is 13.1. The zero-order chi connectivity index (χ0) is 17.3. The Bertz CT molecular complexity index is 744. The second-order valence-electron chi connectivity index (χ2n) is 5.98. The Balaban J connectivity index is 2.02. The molecular weight excluding hydrogens is 328 g/mol. The Morgan fingerprint density at radius 1 is 1.38 bits per heavy atom. The first-order chi connectivity index (χ1) is 11.5. The molecule has 5 nitrogen and oxygen atoms in total. The number of amides is 1. The zero-order valence-corrected chi connectivity index (χ0v) is 14.5. The van der Waals surface area contributed by atoms with Gasteiger partial charge in [0.25, 0.3) is 5.91 Å². The van der Waals surface area contributed by atoms with E-state index in [9.17, 15) is 9.90 Å². The van der Waals surface area contributed by atoms with Crippen LogP contribution in [-0.2, 0) is 11.8 Å². The minimum absolute atomic E-state index is 0.0697. The molecule has 1 amide bonds. The van der Waals surface area contributed by atoms with Gasteiger partial charge in [0, 0.05) is 30.5 Å². The highest BCUT2D eigenvalue weighted by Gasteiger charge is 2.38. The average Bonchev–Trinajstić information content (AvgIpc) is 2.93. The van der Waals surface area contributed by atoms with Crippen LogP contribution in [0.3, 0.4) is 0 Å². The van der Waals surface area contributed by atoms with Gasteiger partial charge in [-0.25, -0.2) is 0 Å². The van der Waals surface area contributed by atoms with E-state index in [0.29, 0.717) is 23.7 Å². The molecule has 6 heteroatoms. The maximum Gasteiger partial charge on any atom is 0.256 e. The number of carbonyl (C=O) groups excluding carboxylic acids is 1. The molecule has 0 radical (unpaired) electrons. The molecule has 1 fully saturated rings. The van der Waals surface area contributed by atoms with E-state index in [0.717, 1.165) is 11.3 Å². The Morgan fingerprint density at radius 2 is 2.12 bits per heavy atom. The van der Waals surface area contributed by atoms with Crippen LogP contribution >= 0.6 is 11.6 Å². The van der Waals surface area contributed by atoms with Crippen LogP contribution in [0.1, 0.15) is 27.7 Å². The van der Waals surface area contributed by atoms with E-state index in [1.807, 2.05) is 49.0 Å². The number of hydrogen-bond donors (Lipinski definition) is 1. The van der Waals surface area contributed by atoms with Crippen LogP contribution in [0.15, 0.2) is 36.5 Å². The standard InChI is InChI=1S/C18H21ClN2O3/c1-12-13(7-8-20(12)2)18(23)21-9-10-24-16(11-22)17(21)14-5-3-4-6-15(14)19/h3-8,16-17,22H,9-11H2,1-2H3/t16-,17-/m0/s1. The van der Waals surface area contributed by atoms with Gasteiger partial charge in [-0.05, 0) is 24.6 Å². The fourth-order valence-corrected chi connectivity index (χ4v) is 3.43. The van der Waals surface area contributed by atoms with Gasteiger partial charge in [-0.2, -0.15) is 0 Å². The van der Waals surface area contributed by atoms with Crippen molar-refractivity contribution in [3.05, 3.63) is 58.4 Å². The van der Waals surface area contributed by atoms with Crippen molar-refractivity contribution in [3.8, 4) is 0 Å². The van der Waals surface area contributed by atoms with Gasteiger partial charge in [-0.1, -0.05) is 29.8 Å². The van der Waals surface area contributed by atoms with Crippen LogP contribution in [0, 0.1) is 6.92 Å². The summed E-state index contributed by atoms with van der Waals surface area (Å²) in [6.45, 7) is 2.60. The number of benzene rings is 1. The van der Waals surface area contributed by atoms with E-state index in [4.69, 9.17) is 16.3 Å². The maximum absolute atomic E-state index is 13.1. The van der Waals surface area contributed by atoms with Crippen molar-refractivity contribution < 1.29 is 14.6 Å². The number of aryl methyl sites for hydroxylation is 1. The smallest absolute Gasteiger partial charge is 0.256 e. The summed E-state index contributed by atoms with van der Waals surface area (Å²) in [6, 6.07) is 8.80. The van der Waals surface area contributed by atoms with Crippen molar-refractivity contribution in [2.24, 2.45) is 7.05 Å². The molecule has 1 aliphatic rings. The van der Waals surface area contributed by atoms with Gasteiger partial charge in [0.1, 0.15) is 6.10 Å². The summed E-state index contributed by atoms with van der Waals surface area (Å²) in [4.78, 5) is 14.9. The highest BCUT2D eigenvalue weighted by Crippen LogP contribution is 2.35. The summed E-state index contributed by atoms with van der Waals surface area (Å²) in [6.07, 6.45) is 1.38. The van der Waals surface area contributed by atoms with Gasteiger partial charge in [0.2, 0.25) is 0 Å². The normalized spacial score (nSPS) is 21.1. The number of aliphatic hydroxyl groups is 1. The monoisotopic (exact) mass is 348 g/mol. The predicted octanol–water partition coefficient (Wildman–Crippen LogP) is 2.56. The first-order valence-corrected chi connectivity index (χ1v) is 8.32. The molecule has 0 unspecified atom stereocenters. The molecule has 1 saturated heterocycles. The SMILES string of the molecule is Cc1c(C(=O)N2CCO[C@@H](CO)[C@@H]2c2ccccc2Cl)ccn1C. The number of aromatic nitrogens is 1. The molecule has 2 aromatic rings. The molecule has 1 aliphatic heterocycles. The lowest BCUT2D eigenvalue weighted by Gasteiger charge is -2.41. The van der Waals surface area contributed by atoms with Gasteiger partial charge in [-0.3, -0.25) is 4.79 Å². The highest BCUT2D eigenvalue weighted by molar-refractivity contribution is 6.31. The van der Waals surface area contributed by atoms with Gasteiger partial charge in [0.05, 0.1) is 24.8 Å². The lowest BCUT2D eigenvalue weighted by Crippen LogP contribution is -2.49. The molecule has 128 valence electrons. The van der Waals surface area contributed by atoms with Crippen LogP contribution in [0.5, 0.6) is 0 Å². The van der Waals surface area contributed by atoms with Crippen molar-refractivity contribution in [2.45, 2.75) is 19.1 Å². The van der Waals surface area contributed by atoms with Crippen molar-refractivity contribution in [1.82, 2.24) is 9.47 Å². The van der Waals surface area contributed by atoms with E-state index in [1.54, 1.807) is 11.0 Å². The number of aliphatic hydroxyl groups excluding tert-OH is 1. The van der Waals surface area contributed by atoms with E-state index in [2.05, 4.69) is 0 Å². The average molecular weight is 349 g/mol. The summed E-state index contributed by atoms with van der Waals surface area (Å²) in [7, 11) is 1.91. The molecule has 1 aromatic carbocycles. The molecular formula is C18H21ClN2O3. The first-order valence-electron chi connectivity index (χ1n) is 7.94. The topological polar surface area (TPSA) is 54.7 Å². The predicted molar refractivity (Wildman–Crippen MR) is 92.2 cm³/mol. The summed E-state index contributed by atoms with van der Waals surface area (Å²) < 4.78 is 7.61. The molecule has 1 aromatic heterocycles. The van der Waals surface area contributed by atoms with E-state index >= 15 is 0 Å². The number of hydrogen-bond acceptors (Lipinski definition) is 3. The van der Waals surface area contributed by atoms with Crippen LogP contribution in [-0.4, -0.2) is 46.3 Å². The van der Waals surface area contributed by atoms with Gasteiger partial charge < -0.3 is 19.3 Å². The minimum atomic E-state index is -0.494. The van der Waals surface area contributed by atoms with Crippen molar-refractivity contribution >= 4 is 17.5 Å². The van der Waals surface area contributed by atoms with Crippen LogP contribution in [0.4, 0.5) is 0 Å². The fraction of sp³-hybridized carbons (Fsp3) is 0.389. The highest BCUT2D eigenvalue weighted by atomic mass is 35.5. The van der Waals surface area contributed by atoms with Gasteiger partial charge >= 0.3 is 0 Å². The minimum Gasteiger partial charge on any atom is -0.394 e. The molecule has 3 rings (SSSR count). The summed E-state index contributed by atoms with van der Waals surface area (Å²) in [5, 5.41) is 10.3. The number of rotatable bonds is 3. The molecule has 0 bridgehead atoms. The van der Waals surface area contributed by atoms with Crippen molar-refractivity contribution in [1.29, 1.82) is 0 Å². The van der Waals surface area contributed by atoms with Crippen molar-refractivity contribution in [2.75, 3.05) is 19.8 Å². The molecule has 2 heterocycles. The van der Waals surface area contributed by atoms with E-state index in [-0.39, 0.29) is 12.5 Å². The Morgan fingerprint density at radius 3 is 2.75 bits per heavy atom. The van der Waals surface area contributed by atoms with E-state index in [1.165, 1.54) is 0 Å². The van der Waals surface area contributed by atoms with Gasteiger partial charge in [-0.15, -0.1) is 0 Å². The number of carbonyl (C=O) groups is 1. The number of morpholine rings is 1. The summed E-state index contributed by atoms with van der Waals surface area (Å²) in [5.74, 6) is -0.0697. The summed E-state index contributed by atoms with van der Waals surface area (Å²) in [5.41, 5.74) is 2.36. The fourth-order valence-electron chi connectivity index (χ4n) is 3.19. The zero-order valence-electron chi connectivity index (χ0n) is 13.8. The lowest BCUT2D eigenvalue weighted by molar-refractivity contribution is -0.0811. The van der Waals surface area contributed by atoms with Crippen molar-refractivity contribution in [3.63, 3.8) is 0 Å². The van der Waals surface area contributed by atoms with E-state index < -0.39 is 12.1 Å². The van der Waals surface area contributed by atoms with Crippen LogP contribution in [0.2, 0.25) is 5.02 Å². The number of halogens is 1. The molecule has 1 N–H and O–H groups in total. The summed E-state index contributed by atoms with van der Waals surface area (Å²) >= 11 is 6.35. The third-order valence-electron chi connectivity index (χ3n) is 4.63. The number of nitrogens with zero attached hydrogens (tertiary/aromatic N) is 2. The third kappa shape index (κ3) is 2.95. The molecule has 0 aliphatic carbocycles. The van der Waals surface area contributed by atoms with Gasteiger partial charge in [0.15, 0.2) is 0 Å². The molecule has 0 spiro atoms.